The van der Waals surface area contributed by atoms with E-state index in [4.69, 9.17) is 4.74 Å². The molecule has 1 amide bonds. The number of H-pyrrole nitrogens is 1. The number of anilines is 1. The predicted molar refractivity (Wildman–Crippen MR) is 148 cm³/mol. The third-order valence-electron chi connectivity index (χ3n) is 8.00. The highest BCUT2D eigenvalue weighted by atomic mass is 19.3. The Balaban J connectivity index is 1.49. The third-order valence-corrected chi connectivity index (χ3v) is 8.00. The monoisotopic (exact) mass is 591 g/mol. The summed E-state index contributed by atoms with van der Waals surface area (Å²) in [4.78, 5) is 41.6. The Labute approximate surface area is 240 Å². The number of hydrogen-bond donors (Lipinski definition) is 2. The molecule has 14 heteroatoms. The fraction of sp³-hybridized carbons (Fsp3) is 0.500. The first-order valence-corrected chi connectivity index (χ1v) is 13.8. The van der Waals surface area contributed by atoms with Gasteiger partial charge >= 0.3 is 0 Å². The Morgan fingerprint density at radius 2 is 1.88 bits per heavy atom. The van der Waals surface area contributed by atoms with E-state index in [1.807, 2.05) is 30.7 Å². The Bertz CT molecular complexity index is 1430. The zero-order chi connectivity index (χ0) is 30.1. The molecule has 2 aromatic heterocycles. The first kappa shape index (κ1) is 29.9. The molecule has 4 atom stereocenters. The van der Waals surface area contributed by atoms with E-state index >= 15 is 8.78 Å². The summed E-state index contributed by atoms with van der Waals surface area (Å²) >= 11 is 0. The number of halogens is 4. The number of carbonyl (C=O) groups is 1. The standard InChI is InChI=1S/C28H33F4N7O3/c1-15-13-38(5-4-37(15)3)21-9-20(29)23(17-10-34-28(35-11-17)39-6-7-42-16(2)14-39)24(30)25(21)36-27(41)19-12-33-22(40)8-18(19)26(31)32/h8-12,15-16,21,25-26H,4-7,13-14H2,1-3H3,(H,33,40)(H,36,41)/t15-,16-,21?,25?/m0/s1. The van der Waals surface area contributed by atoms with E-state index in [2.05, 4.69) is 25.2 Å². The van der Waals surface area contributed by atoms with Crippen LogP contribution in [0.2, 0.25) is 0 Å². The number of ether oxygens (including phenoxy) is 1. The maximum atomic E-state index is 16.4. The molecule has 2 saturated heterocycles. The van der Waals surface area contributed by atoms with Gasteiger partial charge in [-0.05, 0) is 27.0 Å². The van der Waals surface area contributed by atoms with Crippen LogP contribution in [0.3, 0.4) is 0 Å². The molecule has 2 N–H and O–H groups in total. The van der Waals surface area contributed by atoms with Crippen molar-refractivity contribution in [3.05, 3.63) is 69.4 Å². The zero-order valence-corrected chi connectivity index (χ0v) is 23.5. The highest BCUT2D eigenvalue weighted by molar-refractivity contribution is 5.96. The first-order chi connectivity index (χ1) is 20.0. The summed E-state index contributed by atoms with van der Waals surface area (Å²) in [5, 5.41) is 2.50. The van der Waals surface area contributed by atoms with E-state index in [1.165, 1.54) is 18.5 Å². The van der Waals surface area contributed by atoms with Gasteiger partial charge in [-0.15, -0.1) is 0 Å². The van der Waals surface area contributed by atoms with Crippen LogP contribution < -0.4 is 15.8 Å². The lowest BCUT2D eigenvalue weighted by Crippen LogP contribution is -2.59. The molecule has 1 aliphatic carbocycles. The summed E-state index contributed by atoms with van der Waals surface area (Å²) in [6.45, 7) is 7.07. The average Bonchev–Trinajstić information content (AvgIpc) is 2.96. The number of carbonyl (C=O) groups excluding carboxylic acids is 1. The molecular weight excluding hydrogens is 558 g/mol. The summed E-state index contributed by atoms with van der Waals surface area (Å²) < 4.78 is 65.0. The molecule has 10 nitrogen and oxygen atoms in total. The summed E-state index contributed by atoms with van der Waals surface area (Å²) in [5.41, 5.74) is -2.46. The van der Waals surface area contributed by atoms with Gasteiger partial charge in [-0.25, -0.2) is 27.5 Å². The minimum absolute atomic E-state index is 0.0208. The van der Waals surface area contributed by atoms with Crippen LogP contribution in [-0.2, 0) is 4.74 Å². The molecule has 0 saturated carbocycles. The number of nitrogens with one attached hydrogen (secondary N) is 2. The summed E-state index contributed by atoms with van der Waals surface area (Å²) in [6, 6.07) is -1.67. The van der Waals surface area contributed by atoms with Crippen molar-refractivity contribution in [2.45, 2.75) is 44.5 Å². The Morgan fingerprint density at radius 3 is 2.55 bits per heavy atom. The molecule has 42 heavy (non-hydrogen) atoms. The number of allylic oxidation sites excluding steroid dienone is 2. The van der Waals surface area contributed by atoms with Crippen LogP contribution in [0.4, 0.5) is 23.5 Å². The lowest BCUT2D eigenvalue weighted by atomic mass is 9.90. The van der Waals surface area contributed by atoms with Gasteiger partial charge in [-0.1, -0.05) is 0 Å². The molecule has 2 unspecified atom stereocenters. The third kappa shape index (κ3) is 6.10. The van der Waals surface area contributed by atoms with E-state index < -0.39 is 58.3 Å². The average molecular weight is 592 g/mol. The molecule has 0 aromatic carbocycles. The molecule has 5 rings (SSSR count). The number of aromatic nitrogens is 3. The fourth-order valence-electron chi connectivity index (χ4n) is 5.53. The number of aromatic amines is 1. The lowest BCUT2D eigenvalue weighted by Gasteiger charge is -2.44. The molecule has 0 radical (unpaired) electrons. The molecule has 226 valence electrons. The van der Waals surface area contributed by atoms with Gasteiger partial charge in [0.2, 0.25) is 11.5 Å². The van der Waals surface area contributed by atoms with Gasteiger partial charge in [0.15, 0.2) is 0 Å². The van der Waals surface area contributed by atoms with Gasteiger partial charge in [0.05, 0.1) is 29.9 Å². The SMILES string of the molecule is C[C@H]1CN(c2ncc(C3=C(F)C(NC(=O)c4c[nH]c(=O)cc4C(F)F)C(N4CCN(C)[C@@H](C)C4)C=C3F)cn2)CCO1. The maximum Gasteiger partial charge on any atom is 0.264 e. The van der Waals surface area contributed by atoms with Crippen molar-refractivity contribution >= 4 is 17.4 Å². The van der Waals surface area contributed by atoms with Gasteiger partial charge in [0.1, 0.15) is 17.7 Å². The van der Waals surface area contributed by atoms with Crippen LogP contribution in [0.5, 0.6) is 0 Å². The number of likely N-dealkylation sites (N-methyl/N-ethyl adjacent to an activating group) is 1. The number of nitrogens with zero attached hydrogens (tertiary/aromatic N) is 5. The molecule has 3 aliphatic rings. The largest absolute Gasteiger partial charge is 0.375 e. The van der Waals surface area contributed by atoms with Crippen molar-refractivity contribution in [3.63, 3.8) is 0 Å². The summed E-state index contributed by atoms with van der Waals surface area (Å²) in [6.07, 6.45) is 1.60. The molecular formula is C28H33F4N7O3. The quantitative estimate of drug-likeness (QED) is 0.494. The second-order valence-electron chi connectivity index (χ2n) is 10.9. The predicted octanol–water partition coefficient (Wildman–Crippen LogP) is 2.68. The zero-order valence-electron chi connectivity index (χ0n) is 23.5. The molecule has 0 bridgehead atoms. The highest BCUT2D eigenvalue weighted by Gasteiger charge is 2.40. The van der Waals surface area contributed by atoms with Crippen LogP contribution >= 0.6 is 0 Å². The Morgan fingerprint density at radius 1 is 1.14 bits per heavy atom. The van der Waals surface area contributed by atoms with E-state index in [0.29, 0.717) is 51.3 Å². The van der Waals surface area contributed by atoms with E-state index in [0.717, 1.165) is 6.20 Å². The number of amides is 1. The van der Waals surface area contributed by atoms with Crippen molar-refractivity contribution in [1.29, 1.82) is 0 Å². The van der Waals surface area contributed by atoms with Gasteiger partial charge in [-0.2, -0.15) is 0 Å². The van der Waals surface area contributed by atoms with Crippen molar-refractivity contribution in [2.24, 2.45) is 0 Å². The van der Waals surface area contributed by atoms with E-state index in [-0.39, 0.29) is 17.7 Å². The van der Waals surface area contributed by atoms with Crippen LogP contribution in [0.25, 0.3) is 5.57 Å². The van der Waals surface area contributed by atoms with Crippen molar-refractivity contribution in [1.82, 2.24) is 30.1 Å². The smallest absolute Gasteiger partial charge is 0.264 e. The molecule has 2 aliphatic heterocycles. The topological polar surface area (TPSA) is 107 Å². The lowest BCUT2D eigenvalue weighted by molar-refractivity contribution is 0.0526. The van der Waals surface area contributed by atoms with Crippen LogP contribution in [0.15, 0.2) is 47.2 Å². The van der Waals surface area contributed by atoms with Crippen molar-refractivity contribution in [3.8, 4) is 0 Å². The second kappa shape index (κ2) is 12.3. The number of piperazine rings is 1. The van der Waals surface area contributed by atoms with E-state index in [9.17, 15) is 18.4 Å². The van der Waals surface area contributed by atoms with Gasteiger partial charge in [0.25, 0.3) is 12.3 Å². The number of morpholine rings is 1. The Kier molecular flexibility index (Phi) is 8.76. The van der Waals surface area contributed by atoms with Crippen LogP contribution in [0, 0.1) is 0 Å². The van der Waals surface area contributed by atoms with Crippen LogP contribution in [0.1, 0.15) is 41.8 Å². The summed E-state index contributed by atoms with van der Waals surface area (Å²) in [7, 11) is 1.94. The first-order valence-electron chi connectivity index (χ1n) is 13.8. The molecule has 2 aromatic rings. The number of pyridine rings is 1. The second-order valence-corrected chi connectivity index (χ2v) is 10.9. The van der Waals surface area contributed by atoms with Crippen LogP contribution in [-0.4, -0.2) is 101 Å². The number of alkyl halides is 2. The van der Waals surface area contributed by atoms with E-state index in [1.54, 1.807) is 0 Å². The number of hydrogen-bond acceptors (Lipinski definition) is 8. The van der Waals surface area contributed by atoms with Gasteiger partial charge in [-0.3, -0.25) is 14.5 Å². The minimum Gasteiger partial charge on any atom is -0.375 e. The fourth-order valence-corrected chi connectivity index (χ4v) is 5.53. The Hall–Kier alpha value is -3.62. The normalized spacial score (nSPS) is 26.0. The van der Waals surface area contributed by atoms with Crippen molar-refractivity contribution in [2.75, 3.05) is 51.3 Å². The molecule has 2 fully saturated rings. The maximum absolute atomic E-state index is 16.4. The van der Waals surface area contributed by atoms with Gasteiger partial charge < -0.3 is 24.8 Å². The number of rotatable bonds is 6. The minimum atomic E-state index is -3.12. The highest BCUT2D eigenvalue weighted by Crippen LogP contribution is 2.37. The summed E-state index contributed by atoms with van der Waals surface area (Å²) in [5.74, 6) is -2.47. The molecule has 0 spiro atoms. The van der Waals surface area contributed by atoms with Gasteiger partial charge in [0, 0.05) is 74.5 Å². The van der Waals surface area contributed by atoms with Crippen molar-refractivity contribution < 1.29 is 27.1 Å². The molecule has 4 heterocycles.